The van der Waals surface area contributed by atoms with Crippen LogP contribution in [0.3, 0.4) is 0 Å². The quantitative estimate of drug-likeness (QED) is 0.769. The third-order valence-corrected chi connectivity index (χ3v) is 6.37. The van der Waals surface area contributed by atoms with Crippen molar-refractivity contribution in [3.8, 4) is 0 Å². The second-order valence-corrected chi connectivity index (χ2v) is 9.44. The van der Waals surface area contributed by atoms with Crippen molar-refractivity contribution in [1.82, 2.24) is 0 Å². The third-order valence-electron chi connectivity index (χ3n) is 4.77. The molecule has 2 fully saturated rings. The Bertz CT molecular complexity index is 839. The minimum atomic E-state index is -1.04. The lowest BCUT2D eigenvalue weighted by molar-refractivity contribution is -0.226. The van der Waals surface area contributed by atoms with Gasteiger partial charge in [0.2, 0.25) is 0 Å². The van der Waals surface area contributed by atoms with Crippen molar-refractivity contribution in [2.45, 2.75) is 56.8 Å². The van der Waals surface area contributed by atoms with Gasteiger partial charge in [-0.1, -0.05) is 35.3 Å². The van der Waals surface area contributed by atoms with Gasteiger partial charge >= 0.3 is 0 Å². The van der Waals surface area contributed by atoms with Crippen molar-refractivity contribution in [3.63, 3.8) is 0 Å². The largest absolute Gasteiger partial charge is 0.387 e. The van der Waals surface area contributed by atoms with Crippen molar-refractivity contribution in [2.24, 2.45) is 0 Å². The fraction of sp³-hybridized carbons (Fsp3) is 0.474. The molecule has 2 N–H and O–H groups in total. The first-order chi connectivity index (χ1) is 12.7. The zero-order valence-corrected chi connectivity index (χ0v) is 17.1. The molecule has 146 valence electrons. The fourth-order valence-electron chi connectivity index (χ4n) is 3.52. The summed E-state index contributed by atoms with van der Waals surface area (Å²) in [4.78, 5) is 1.07. The Morgan fingerprint density at radius 2 is 1.96 bits per heavy atom. The molecule has 5 nitrogen and oxygen atoms in total. The average Bonchev–Trinajstić information content (AvgIpc) is 3.23. The van der Waals surface area contributed by atoms with Crippen molar-refractivity contribution in [2.75, 3.05) is 0 Å². The number of halogens is 2. The first-order valence-electron chi connectivity index (χ1n) is 8.63. The molecule has 1 aromatic carbocycles. The molecule has 2 saturated heterocycles. The lowest BCUT2D eigenvalue weighted by Gasteiger charge is -2.26. The van der Waals surface area contributed by atoms with Gasteiger partial charge in [0.25, 0.3) is 0 Å². The number of rotatable bonds is 4. The molecule has 1 aromatic heterocycles. The summed E-state index contributed by atoms with van der Waals surface area (Å²) in [5.74, 6) is -0.818. The van der Waals surface area contributed by atoms with E-state index in [0.717, 1.165) is 10.4 Å². The Hall–Kier alpha value is -0.700. The predicted octanol–water partition coefficient (Wildman–Crippen LogP) is 3.92. The van der Waals surface area contributed by atoms with Crippen LogP contribution in [0.1, 0.15) is 36.0 Å². The van der Waals surface area contributed by atoms with Crippen LogP contribution in [0, 0.1) is 0 Å². The summed E-state index contributed by atoms with van der Waals surface area (Å²) in [7, 11) is 0. The summed E-state index contributed by atoms with van der Waals surface area (Å²) in [5.41, 5.74) is 1.48. The number of hydrogen-bond donors (Lipinski definition) is 2. The molecule has 0 bridgehead atoms. The van der Waals surface area contributed by atoms with Gasteiger partial charge in [-0.25, -0.2) is 0 Å². The monoisotopic (exact) mass is 430 g/mol. The van der Waals surface area contributed by atoms with Crippen LogP contribution < -0.4 is 0 Å². The molecular formula is C19H20Cl2O5S. The van der Waals surface area contributed by atoms with Crippen LogP contribution in [0.2, 0.25) is 9.36 Å². The molecule has 3 heterocycles. The maximum absolute atomic E-state index is 10.8. The van der Waals surface area contributed by atoms with E-state index in [0.29, 0.717) is 21.3 Å². The van der Waals surface area contributed by atoms with Gasteiger partial charge in [0.05, 0.1) is 4.34 Å². The van der Waals surface area contributed by atoms with E-state index in [1.807, 2.05) is 18.2 Å². The van der Waals surface area contributed by atoms with Crippen LogP contribution in [0.25, 0.3) is 0 Å². The van der Waals surface area contributed by atoms with Crippen LogP contribution in [0.15, 0.2) is 30.3 Å². The molecule has 5 unspecified atom stereocenters. The molecular weight excluding hydrogens is 411 g/mol. The summed E-state index contributed by atoms with van der Waals surface area (Å²) in [6, 6.07) is 9.10. The smallest absolute Gasteiger partial charge is 0.190 e. The first-order valence-corrected chi connectivity index (χ1v) is 10.2. The number of aliphatic hydroxyl groups is 2. The minimum absolute atomic E-state index is 0.605. The van der Waals surface area contributed by atoms with E-state index in [-0.39, 0.29) is 0 Å². The van der Waals surface area contributed by atoms with Gasteiger partial charge in [-0.2, -0.15) is 0 Å². The molecule has 2 aliphatic rings. The molecule has 2 aliphatic heterocycles. The number of aliphatic hydroxyl groups excluding tert-OH is 2. The van der Waals surface area contributed by atoms with Crippen LogP contribution in [-0.2, 0) is 20.6 Å². The number of thiophene rings is 1. The van der Waals surface area contributed by atoms with Crippen LogP contribution >= 0.6 is 34.5 Å². The van der Waals surface area contributed by atoms with Crippen molar-refractivity contribution < 1.29 is 24.4 Å². The normalized spacial score (nSPS) is 30.4. The summed E-state index contributed by atoms with van der Waals surface area (Å²) in [6.07, 6.45) is -3.60. The van der Waals surface area contributed by atoms with Crippen molar-refractivity contribution in [3.05, 3.63) is 55.7 Å². The third kappa shape index (κ3) is 3.91. The van der Waals surface area contributed by atoms with Gasteiger partial charge in [-0.05, 0) is 43.2 Å². The Kier molecular flexibility index (Phi) is 5.29. The van der Waals surface area contributed by atoms with E-state index in [9.17, 15) is 10.2 Å². The zero-order valence-electron chi connectivity index (χ0n) is 14.8. The highest BCUT2D eigenvalue weighted by Crippen LogP contribution is 2.41. The van der Waals surface area contributed by atoms with E-state index >= 15 is 0 Å². The molecule has 0 saturated carbocycles. The van der Waals surface area contributed by atoms with Gasteiger partial charge < -0.3 is 24.4 Å². The predicted molar refractivity (Wildman–Crippen MR) is 103 cm³/mol. The van der Waals surface area contributed by atoms with Crippen molar-refractivity contribution >= 4 is 34.5 Å². The molecule has 0 spiro atoms. The lowest BCUT2D eigenvalue weighted by atomic mass is 9.97. The number of benzene rings is 1. The van der Waals surface area contributed by atoms with Gasteiger partial charge in [0.1, 0.15) is 24.4 Å². The number of hydrogen-bond acceptors (Lipinski definition) is 6. The molecule has 4 rings (SSSR count). The maximum atomic E-state index is 10.8. The van der Waals surface area contributed by atoms with E-state index in [2.05, 4.69) is 0 Å². The van der Waals surface area contributed by atoms with Crippen LogP contribution in [-0.4, -0.2) is 40.6 Å². The summed E-state index contributed by atoms with van der Waals surface area (Å²) in [6.45, 7) is 3.52. The second-order valence-electron chi connectivity index (χ2n) is 7.24. The molecule has 0 amide bonds. The molecule has 5 atom stereocenters. The van der Waals surface area contributed by atoms with Gasteiger partial charge in [0, 0.05) is 16.3 Å². The highest BCUT2D eigenvalue weighted by molar-refractivity contribution is 7.16. The Morgan fingerprint density at radius 3 is 2.63 bits per heavy atom. The minimum Gasteiger partial charge on any atom is -0.387 e. The van der Waals surface area contributed by atoms with Crippen molar-refractivity contribution in [1.29, 1.82) is 0 Å². The molecule has 27 heavy (non-hydrogen) atoms. The van der Waals surface area contributed by atoms with E-state index in [4.69, 9.17) is 37.4 Å². The topological polar surface area (TPSA) is 68.2 Å². The highest BCUT2D eigenvalue weighted by Gasteiger charge is 2.56. The van der Waals surface area contributed by atoms with Crippen LogP contribution in [0.4, 0.5) is 0 Å². The van der Waals surface area contributed by atoms with Gasteiger partial charge in [-0.15, -0.1) is 11.3 Å². The van der Waals surface area contributed by atoms with E-state index in [1.54, 1.807) is 26.0 Å². The van der Waals surface area contributed by atoms with Gasteiger partial charge in [-0.3, -0.25) is 0 Å². The molecule has 8 heteroatoms. The molecule has 0 radical (unpaired) electrons. The zero-order chi connectivity index (χ0) is 19.3. The average molecular weight is 431 g/mol. The lowest BCUT2D eigenvalue weighted by Crippen LogP contribution is -2.37. The Morgan fingerprint density at radius 1 is 1.19 bits per heavy atom. The molecule has 2 aromatic rings. The fourth-order valence-corrected chi connectivity index (χ4v) is 4.81. The molecule has 0 aliphatic carbocycles. The SMILES string of the molecule is CC1(C)OC2OC(C(O)c3ccc(Cl)c(Cc4ccc(Cl)s4)c3)C(O)C2O1. The second kappa shape index (κ2) is 7.28. The first kappa shape index (κ1) is 19.6. The summed E-state index contributed by atoms with van der Waals surface area (Å²) < 4.78 is 17.8. The highest BCUT2D eigenvalue weighted by atomic mass is 35.5. The summed E-state index contributed by atoms with van der Waals surface area (Å²) >= 11 is 13.8. The van der Waals surface area contributed by atoms with E-state index in [1.165, 1.54) is 11.3 Å². The van der Waals surface area contributed by atoms with Gasteiger partial charge in [0.15, 0.2) is 12.1 Å². The van der Waals surface area contributed by atoms with Crippen LogP contribution in [0.5, 0.6) is 0 Å². The standard InChI is InChI=1S/C19H20Cl2O5S/c1-19(2)25-17-15(23)16(24-18(17)26-19)14(22)9-3-5-12(20)10(7-9)8-11-4-6-13(21)27-11/h3-7,14-18,22-23H,8H2,1-2H3. The number of ether oxygens (including phenoxy) is 3. The van der Waals surface area contributed by atoms with E-state index < -0.39 is 36.5 Å². The Balaban J connectivity index is 1.52. The maximum Gasteiger partial charge on any atom is 0.190 e. The Labute approximate surface area is 171 Å². The number of fused-ring (bicyclic) bond motifs is 1. The summed E-state index contributed by atoms with van der Waals surface area (Å²) in [5, 5.41) is 22.0.